The highest BCUT2D eigenvalue weighted by atomic mass is 16.6. The third-order valence-electron chi connectivity index (χ3n) is 3.88. The van der Waals surface area contributed by atoms with Crippen LogP contribution < -0.4 is 10.2 Å². The highest BCUT2D eigenvalue weighted by molar-refractivity contribution is 6.15. The van der Waals surface area contributed by atoms with Crippen molar-refractivity contribution in [1.82, 2.24) is 5.32 Å². The van der Waals surface area contributed by atoms with Crippen molar-refractivity contribution < 1.29 is 23.7 Å². The molecule has 1 aromatic carbocycles. The summed E-state index contributed by atoms with van der Waals surface area (Å²) in [7, 11) is 1.22. The van der Waals surface area contributed by atoms with E-state index in [1.165, 1.54) is 36.5 Å². The average Bonchev–Trinajstić information content (AvgIpc) is 3.27. The van der Waals surface area contributed by atoms with Gasteiger partial charge in [-0.15, -0.1) is 0 Å². The van der Waals surface area contributed by atoms with E-state index in [9.17, 15) is 19.7 Å². The minimum Gasteiger partial charge on any atom is -0.467 e. The first-order chi connectivity index (χ1) is 12.5. The quantitative estimate of drug-likeness (QED) is 0.476. The second kappa shape index (κ2) is 7.09. The Hall–Kier alpha value is -3.62. The molecule has 26 heavy (non-hydrogen) atoms. The molecular weight excluding hydrogens is 342 g/mol. The molecule has 2 heterocycles. The summed E-state index contributed by atoms with van der Waals surface area (Å²) < 4.78 is 9.95. The molecule has 0 spiro atoms. The van der Waals surface area contributed by atoms with E-state index in [1.54, 1.807) is 18.2 Å². The minimum atomic E-state index is -0.645. The molecule has 0 saturated heterocycles. The average molecular weight is 357 g/mol. The number of benzene rings is 1. The molecule has 0 bridgehead atoms. The third kappa shape index (κ3) is 3.27. The smallest absolute Gasteiger partial charge is 0.337 e. The fourth-order valence-electron chi connectivity index (χ4n) is 2.62. The van der Waals surface area contributed by atoms with E-state index < -0.39 is 16.8 Å². The lowest BCUT2D eigenvalue weighted by Crippen LogP contribution is -2.30. The Kier molecular flexibility index (Phi) is 4.70. The second-order valence-corrected chi connectivity index (χ2v) is 5.45. The molecule has 1 amide bonds. The Morgan fingerprint density at radius 3 is 2.85 bits per heavy atom. The Morgan fingerprint density at radius 1 is 1.38 bits per heavy atom. The summed E-state index contributed by atoms with van der Waals surface area (Å²) in [5.74, 6) is -0.533. The Labute approximate surface area is 148 Å². The summed E-state index contributed by atoms with van der Waals surface area (Å²) in [5, 5.41) is 13.9. The second-order valence-electron chi connectivity index (χ2n) is 5.45. The predicted molar refractivity (Wildman–Crippen MR) is 90.0 cm³/mol. The summed E-state index contributed by atoms with van der Waals surface area (Å²) in [6, 6.07) is 9.08. The molecule has 9 heteroatoms. The Balaban J connectivity index is 1.88. The van der Waals surface area contributed by atoms with Crippen LogP contribution in [0.3, 0.4) is 0 Å². The molecule has 0 fully saturated rings. The highest BCUT2D eigenvalue weighted by Gasteiger charge is 2.36. The molecule has 0 radical (unpaired) electrons. The van der Waals surface area contributed by atoms with Crippen LogP contribution in [0.4, 0.5) is 11.4 Å². The van der Waals surface area contributed by atoms with Crippen molar-refractivity contribution in [2.75, 3.05) is 18.6 Å². The van der Waals surface area contributed by atoms with Gasteiger partial charge >= 0.3 is 5.97 Å². The van der Waals surface area contributed by atoms with Crippen molar-refractivity contribution in [3.63, 3.8) is 0 Å². The van der Waals surface area contributed by atoms with Crippen LogP contribution in [0.1, 0.15) is 5.76 Å². The summed E-state index contributed by atoms with van der Waals surface area (Å²) in [6.07, 6.45) is 1.50. The van der Waals surface area contributed by atoms with Gasteiger partial charge in [0.05, 0.1) is 42.6 Å². The molecule has 3 rings (SSSR count). The minimum absolute atomic E-state index is 0.0485. The van der Waals surface area contributed by atoms with E-state index in [4.69, 9.17) is 9.15 Å². The normalized spacial score (nSPS) is 13.9. The molecule has 0 unspecified atom stereocenters. The van der Waals surface area contributed by atoms with Gasteiger partial charge in [0.15, 0.2) is 0 Å². The number of nitro groups is 1. The fourth-order valence-corrected chi connectivity index (χ4v) is 2.62. The number of carbonyl (C=O) groups excluding carboxylic acids is 2. The number of hydrogen-bond acceptors (Lipinski definition) is 7. The van der Waals surface area contributed by atoms with Crippen LogP contribution in [0, 0.1) is 10.1 Å². The topological polar surface area (TPSA) is 115 Å². The molecule has 1 aliphatic rings. The summed E-state index contributed by atoms with van der Waals surface area (Å²) >= 11 is 0. The van der Waals surface area contributed by atoms with E-state index in [0.29, 0.717) is 11.4 Å². The largest absolute Gasteiger partial charge is 0.467 e. The van der Waals surface area contributed by atoms with Gasteiger partial charge in [0.2, 0.25) is 0 Å². The number of carbonyl (C=O) groups is 2. The van der Waals surface area contributed by atoms with Crippen LogP contribution >= 0.6 is 0 Å². The highest BCUT2D eigenvalue weighted by Crippen LogP contribution is 2.28. The maximum atomic E-state index is 12.8. The van der Waals surface area contributed by atoms with Gasteiger partial charge in [-0.1, -0.05) is 6.07 Å². The molecule has 2 aromatic rings. The van der Waals surface area contributed by atoms with Crippen molar-refractivity contribution in [1.29, 1.82) is 0 Å². The number of furan rings is 1. The van der Waals surface area contributed by atoms with Gasteiger partial charge in [0, 0.05) is 12.1 Å². The molecule has 1 aromatic heterocycles. The Bertz CT molecular complexity index is 888. The van der Waals surface area contributed by atoms with E-state index in [2.05, 4.69) is 5.32 Å². The number of nitrogens with one attached hydrogen (secondary N) is 1. The zero-order valence-electron chi connectivity index (χ0n) is 13.8. The van der Waals surface area contributed by atoms with Gasteiger partial charge in [-0.3, -0.25) is 14.9 Å². The molecule has 0 atom stereocenters. The maximum Gasteiger partial charge on any atom is 0.337 e. The van der Waals surface area contributed by atoms with E-state index in [1.807, 2.05) is 0 Å². The first-order valence-corrected chi connectivity index (χ1v) is 7.65. The zero-order valence-corrected chi connectivity index (χ0v) is 13.8. The van der Waals surface area contributed by atoms with Crippen LogP contribution in [-0.2, 0) is 20.9 Å². The number of nitrogens with zero attached hydrogens (tertiary/aromatic N) is 2. The SMILES string of the molecule is COC(=O)C1=C(NCc2ccco2)C(=O)N(c2cccc([N+](=O)[O-])c2)C1. The van der Waals surface area contributed by atoms with Crippen LogP contribution in [0.5, 0.6) is 0 Å². The van der Waals surface area contributed by atoms with E-state index in [-0.39, 0.29) is 30.0 Å². The molecule has 0 aliphatic carbocycles. The van der Waals surface area contributed by atoms with Gasteiger partial charge in [-0.2, -0.15) is 0 Å². The lowest BCUT2D eigenvalue weighted by atomic mass is 10.2. The molecule has 1 N–H and O–H groups in total. The van der Waals surface area contributed by atoms with Gasteiger partial charge in [-0.05, 0) is 18.2 Å². The van der Waals surface area contributed by atoms with Gasteiger partial charge in [0.25, 0.3) is 11.6 Å². The molecular formula is C17H15N3O6. The predicted octanol–water partition coefficient (Wildman–Crippen LogP) is 1.75. The maximum absolute atomic E-state index is 12.8. The standard InChI is InChI=1S/C17H15N3O6/c1-25-17(22)14-10-19(11-4-2-5-12(8-11)20(23)24)16(21)15(14)18-9-13-6-3-7-26-13/h2-8,18H,9-10H2,1H3. The van der Waals surface area contributed by atoms with E-state index >= 15 is 0 Å². The van der Waals surface area contributed by atoms with E-state index in [0.717, 1.165) is 0 Å². The van der Waals surface area contributed by atoms with Crippen LogP contribution in [0.25, 0.3) is 0 Å². The molecule has 1 aliphatic heterocycles. The number of non-ortho nitro benzene ring substituents is 1. The number of rotatable bonds is 6. The number of hydrogen-bond donors (Lipinski definition) is 1. The molecule has 134 valence electrons. The van der Waals surface area contributed by atoms with Crippen molar-refractivity contribution in [3.05, 3.63) is 69.8 Å². The van der Waals surface area contributed by atoms with Crippen LogP contribution in [-0.4, -0.2) is 30.5 Å². The van der Waals surface area contributed by atoms with Crippen molar-refractivity contribution in [3.8, 4) is 0 Å². The zero-order chi connectivity index (χ0) is 18.7. The monoisotopic (exact) mass is 357 g/mol. The first-order valence-electron chi connectivity index (χ1n) is 7.65. The van der Waals surface area contributed by atoms with Crippen molar-refractivity contribution in [2.24, 2.45) is 0 Å². The third-order valence-corrected chi connectivity index (χ3v) is 3.88. The molecule has 9 nitrogen and oxygen atoms in total. The summed E-state index contributed by atoms with van der Waals surface area (Å²) in [6.45, 7) is 0.157. The molecule has 0 saturated carbocycles. The fraction of sp³-hybridized carbons (Fsp3) is 0.176. The first kappa shape index (κ1) is 17.2. The number of anilines is 1. The Morgan fingerprint density at radius 2 is 2.19 bits per heavy atom. The summed E-state index contributed by atoms with van der Waals surface area (Å²) in [5.41, 5.74) is 0.405. The number of amides is 1. The van der Waals surface area contributed by atoms with Crippen LogP contribution in [0.15, 0.2) is 58.3 Å². The van der Waals surface area contributed by atoms with Crippen molar-refractivity contribution in [2.45, 2.75) is 6.54 Å². The van der Waals surface area contributed by atoms with Gasteiger partial charge < -0.3 is 19.4 Å². The number of nitro benzene ring substituents is 1. The summed E-state index contributed by atoms with van der Waals surface area (Å²) in [4.78, 5) is 36.5. The van der Waals surface area contributed by atoms with Gasteiger partial charge in [0.1, 0.15) is 11.5 Å². The number of methoxy groups -OCH3 is 1. The lowest BCUT2D eigenvalue weighted by Gasteiger charge is -2.16. The number of ether oxygens (including phenoxy) is 1. The van der Waals surface area contributed by atoms with Crippen LogP contribution in [0.2, 0.25) is 0 Å². The number of esters is 1. The van der Waals surface area contributed by atoms with Crippen molar-refractivity contribution >= 4 is 23.3 Å². The van der Waals surface area contributed by atoms with Gasteiger partial charge in [-0.25, -0.2) is 4.79 Å². The lowest BCUT2D eigenvalue weighted by molar-refractivity contribution is -0.384.